The highest BCUT2D eigenvalue weighted by Crippen LogP contribution is 2.31. The molecule has 1 N–H and O–H groups in total. The van der Waals surface area contributed by atoms with Gasteiger partial charge in [0.2, 0.25) is 0 Å². The monoisotopic (exact) mass is 386 g/mol. The molecule has 0 bridgehead atoms. The van der Waals surface area contributed by atoms with Crippen LogP contribution in [0.15, 0.2) is 121 Å². The van der Waals surface area contributed by atoms with Gasteiger partial charge in [-0.2, -0.15) is 0 Å². The molecule has 5 aromatic rings. The molecule has 0 spiro atoms. The third-order valence-corrected chi connectivity index (χ3v) is 5.36. The van der Waals surface area contributed by atoms with Crippen molar-refractivity contribution in [3.63, 3.8) is 0 Å². The van der Waals surface area contributed by atoms with Crippen LogP contribution < -0.4 is 5.32 Å². The maximum atomic E-state index is 5.03. The zero-order valence-electron chi connectivity index (χ0n) is 16.6. The maximum Gasteiger partial charge on any atom is 0.0940 e. The number of pyridine rings is 1. The third kappa shape index (κ3) is 3.68. The fourth-order valence-electron chi connectivity index (χ4n) is 3.86. The van der Waals surface area contributed by atoms with E-state index in [1.807, 2.05) is 24.3 Å². The van der Waals surface area contributed by atoms with Crippen molar-refractivity contribution in [1.82, 2.24) is 4.98 Å². The summed E-state index contributed by atoms with van der Waals surface area (Å²) in [5.41, 5.74) is 5.39. The number of anilines is 1. The number of nitrogens with one attached hydrogen (secondary N) is 1. The topological polar surface area (TPSA) is 24.9 Å². The summed E-state index contributed by atoms with van der Waals surface area (Å²) in [5.74, 6) is 0. The van der Waals surface area contributed by atoms with E-state index in [2.05, 4.69) is 102 Å². The van der Waals surface area contributed by atoms with Gasteiger partial charge in [-0.15, -0.1) is 0 Å². The molecule has 1 aromatic heterocycles. The largest absolute Gasteiger partial charge is 0.372 e. The Hall–Kier alpha value is -3.91. The number of benzene rings is 4. The lowest BCUT2D eigenvalue weighted by Gasteiger charge is -2.22. The smallest absolute Gasteiger partial charge is 0.0940 e. The van der Waals surface area contributed by atoms with E-state index in [0.29, 0.717) is 0 Å². The van der Waals surface area contributed by atoms with Crippen LogP contribution in [-0.2, 0) is 0 Å². The van der Waals surface area contributed by atoms with Crippen LogP contribution in [0.2, 0.25) is 0 Å². The standard InChI is InChI=1S/C28H22N2/c1-3-12-22(13-4-1)25-18-10-20-27(29-25)28(23-14-5-2-6-15-23)30-26-19-9-16-21-11-7-8-17-24(21)26/h1-20,28,30H. The molecule has 0 aliphatic heterocycles. The van der Waals surface area contributed by atoms with Crippen molar-refractivity contribution in [3.05, 3.63) is 133 Å². The lowest BCUT2D eigenvalue weighted by molar-refractivity contribution is 0.891. The average molecular weight is 386 g/mol. The SMILES string of the molecule is c1ccc(-c2cccc(C(Nc3cccc4ccccc34)c3ccccc3)n2)cc1. The second kappa shape index (κ2) is 8.22. The molecular weight excluding hydrogens is 364 g/mol. The summed E-state index contributed by atoms with van der Waals surface area (Å²) in [6.45, 7) is 0. The molecule has 1 heterocycles. The number of nitrogens with zero attached hydrogens (tertiary/aromatic N) is 1. The van der Waals surface area contributed by atoms with Gasteiger partial charge in [0.05, 0.1) is 17.4 Å². The molecule has 0 fully saturated rings. The van der Waals surface area contributed by atoms with Gasteiger partial charge in [-0.3, -0.25) is 4.98 Å². The van der Waals surface area contributed by atoms with Gasteiger partial charge >= 0.3 is 0 Å². The van der Waals surface area contributed by atoms with E-state index in [1.54, 1.807) is 0 Å². The van der Waals surface area contributed by atoms with Crippen molar-refractivity contribution >= 4 is 16.5 Å². The number of hydrogen-bond donors (Lipinski definition) is 1. The van der Waals surface area contributed by atoms with E-state index in [4.69, 9.17) is 4.98 Å². The first-order valence-electron chi connectivity index (χ1n) is 10.2. The predicted molar refractivity (Wildman–Crippen MR) is 126 cm³/mol. The van der Waals surface area contributed by atoms with Crippen LogP contribution in [0.25, 0.3) is 22.0 Å². The Morgan fingerprint density at radius 3 is 2.07 bits per heavy atom. The van der Waals surface area contributed by atoms with Crippen LogP contribution in [0.5, 0.6) is 0 Å². The maximum absolute atomic E-state index is 5.03. The molecular formula is C28H22N2. The van der Waals surface area contributed by atoms with Crippen molar-refractivity contribution in [2.24, 2.45) is 0 Å². The van der Waals surface area contributed by atoms with E-state index in [-0.39, 0.29) is 6.04 Å². The summed E-state index contributed by atoms with van der Waals surface area (Å²) in [4.78, 5) is 5.03. The Labute approximate surface area is 176 Å². The minimum atomic E-state index is -0.0549. The fraction of sp³-hybridized carbons (Fsp3) is 0.0357. The Kier molecular flexibility index (Phi) is 4.97. The quantitative estimate of drug-likeness (QED) is 0.348. The highest BCUT2D eigenvalue weighted by atomic mass is 15.0. The molecule has 144 valence electrons. The highest BCUT2D eigenvalue weighted by Gasteiger charge is 2.17. The van der Waals surface area contributed by atoms with Crippen molar-refractivity contribution in [2.75, 3.05) is 5.32 Å². The van der Waals surface area contributed by atoms with Crippen LogP contribution in [0.3, 0.4) is 0 Å². The van der Waals surface area contributed by atoms with E-state index in [9.17, 15) is 0 Å². The molecule has 1 atom stereocenters. The third-order valence-electron chi connectivity index (χ3n) is 5.36. The molecule has 5 rings (SSSR count). The lowest BCUT2D eigenvalue weighted by Crippen LogP contribution is -2.14. The van der Waals surface area contributed by atoms with Crippen LogP contribution >= 0.6 is 0 Å². The van der Waals surface area contributed by atoms with Gasteiger partial charge in [-0.25, -0.2) is 0 Å². The van der Waals surface area contributed by atoms with Crippen LogP contribution in [0.4, 0.5) is 5.69 Å². The summed E-state index contributed by atoms with van der Waals surface area (Å²) in [7, 11) is 0. The molecule has 0 radical (unpaired) electrons. The number of rotatable bonds is 5. The van der Waals surface area contributed by atoms with Gasteiger partial charge in [0.15, 0.2) is 0 Å². The van der Waals surface area contributed by atoms with Crippen molar-refractivity contribution in [2.45, 2.75) is 6.04 Å². The van der Waals surface area contributed by atoms with Gasteiger partial charge in [0.1, 0.15) is 0 Å². The molecule has 0 saturated carbocycles. The number of fused-ring (bicyclic) bond motifs is 1. The normalized spacial score (nSPS) is 11.9. The highest BCUT2D eigenvalue weighted by molar-refractivity contribution is 5.94. The van der Waals surface area contributed by atoms with Crippen LogP contribution in [-0.4, -0.2) is 4.98 Å². The molecule has 0 amide bonds. The summed E-state index contributed by atoms with van der Waals surface area (Å²) in [6.07, 6.45) is 0. The molecule has 4 aromatic carbocycles. The number of hydrogen-bond acceptors (Lipinski definition) is 2. The molecule has 0 saturated heterocycles. The van der Waals surface area contributed by atoms with Gasteiger partial charge in [0.25, 0.3) is 0 Å². The van der Waals surface area contributed by atoms with Gasteiger partial charge < -0.3 is 5.32 Å². The van der Waals surface area contributed by atoms with Gasteiger partial charge in [0, 0.05) is 16.6 Å². The summed E-state index contributed by atoms with van der Waals surface area (Å²) >= 11 is 0. The summed E-state index contributed by atoms with van der Waals surface area (Å²) in [5, 5.41) is 6.20. The predicted octanol–water partition coefficient (Wildman–Crippen LogP) is 7.10. The van der Waals surface area contributed by atoms with E-state index in [0.717, 1.165) is 22.6 Å². The Morgan fingerprint density at radius 1 is 0.567 bits per heavy atom. The first kappa shape index (κ1) is 18.1. The van der Waals surface area contributed by atoms with E-state index < -0.39 is 0 Å². The number of aromatic nitrogens is 1. The zero-order chi connectivity index (χ0) is 20.2. The van der Waals surface area contributed by atoms with Crippen molar-refractivity contribution < 1.29 is 0 Å². The molecule has 2 heteroatoms. The Balaban J connectivity index is 1.60. The molecule has 0 aliphatic carbocycles. The minimum Gasteiger partial charge on any atom is -0.372 e. The average Bonchev–Trinajstić information content (AvgIpc) is 2.84. The lowest BCUT2D eigenvalue weighted by atomic mass is 10.0. The van der Waals surface area contributed by atoms with Gasteiger partial charge in [-0.1, -0.05) is 103 Å². The zero-order valence-corrected chi connectivity index (χ0v) is 16.6. The van der Waals surface area contributed by atoms with E-state index >= 15 is 0 Å². The molecule has 1 unspecified atom stereocenters. The molecule has 30 heavy (non-hydrogen) atoms. The minimum absolute atomic E-state index is 0.0549. The molecule has 0 aliphatic rings. The van der Waals surface area contributed by atoms with Crippen molar-refractivity contribution in [3.8, 4) is 11.3 Å². The van der Waals surface area contributed by atoms with Gasteiger partial charge in [-0.05, 0) is 29.1 Å². The van der Waals surface area contributed by atoms with Crippen molar-refractivity contribution in [1.29, 1.82) is 0 Å². The Bertz CT molecular complexity index is 1260. The first-order valence-corrected chi connectivity index (χ1v) is 10.2. The first-order chi connectivity index (χ1) is 14.9. The fourth-order valence-corrected chi connectivity index (χ4v) is 3.86. The second-order valence-corrected chi connectivity index (χ2v) is 7.33. The van der Waals surface area contributed by atoms with Crippen LogP contribution in [0.1, 0.15) is 17.3 Å². The van der Waals surface area contributed by atoms with Crippen LogP contribution in [0, 0.1) is 0 Å². The Morgan fingerprint density at radius 2 is 1.23 bits per heavy atom. The molecule has 2 nitrogen and oxygen atoms in total. The van der Waals surface area contributed by atoms with E-state index in [1.165, 1.54) is 16.3 Å². The summed E-state index contributed by atoms with van der Waals surface area (Å²) in [6, 6.07) is 41.9. The second-order valence-electron chi connectivity index (χ2n) is 7.33. The summed E-state index contributed by atoms with van der Waals surface area (Å²) < 4.78 is 0.